The topological polar surface area (TPSA) is 29.0 Å². The average molecular weight is 230 g/mol. The molecule has 0 N–H and O–H groups in total. The van der Waals surface area contributed by atoms with Crippen molar-refractivity contribution in [3.63, 3.8) is 0 Å². The van der Waals surface area contributed by atoms with Gasteiger partial charge in [-0.15, -0.1) is 0 Å². The monoisotopic (exact) mass is 229 g/mol. The van der Waals surface area contributed by atoms with Crippen molar-refractivity contribution in [1.29, 1.82) is 0 Å². The molecule has 1 fully saturated rings. The van der Waals surface area contributed by atoms with Gasteiger partial charge < -0.3 is 4.90 Å². The molecule has 1 aromatic rings. The predicted molar refractivity (Wildman–Crippen MR) is 57.7 cm³/mol. The minimum Gasteiger partial charge on any atom is -0.354 e. The summed E-state index contributed by atoms with van der Waals surface area (Å²) < 4.78 is 13.4. The maximum Gasteiger partial charge on any atom is 0.224 e. The third-order valence-corrected chi connectivity index (χ3v) is 3.08. The van der Waals surface area contributed by atoms with Crippen LogP contribution < -0.4 is 4.90 Å². The van der Waals surface area contributed by atoms with Crippen LogP contribution in [0.1, 0.15) is 25.7 Å². The Morgan fingerprint density at radius 1 is 1.47 bits per heavy atom. The first-order valence-corrected chi connectivity index (χ1v) is 5.47. The first kappa shape index (κ1) is 10.6. The lowest BCUT2D eigenvalue weighted by molar-refractivity contribution is 0.580. The molecule has 0 aromatic carbocycles. The van der Waals surface area contributed by atoms with E-state index in [-0.39, 0.29) is 5.28 Å². The van der Waals surface area contributed by atoms with Crippen LogP contribution in [0.25, 0.3) is 0 Å². The molecule has 0 unspecified atom stereocenters. The van der Waals surface area contributed by atoms with Gasteiger partial charge in [-0.05, 0) is 24.4 Å². The standard InChI is InChI=1S/C10H13ClFN3/c1-15(7-4-2-3-5-7)9-8(12)6-13-10(11)14-9/h6-7H,2-5H2,1H3. The highest BCUT2D eigenvalue weighted by Gasteiger charge is 2.23. The smallest absolute Gasteiger partial charge is 0.224 e. The van der Waals surface area contributed by atoms with E-state index < -0.39 is 5.82 Å². The molecule has 1 aromatic heterocycles. The second-order valence-electron chi connectivity index (χ2n) is 3.86. The number of anilines is 1. The van der Waals surface area contributed by atoms with Crippen molar-refractivity contribution in [2.24, 2.45) is 0 Å². The van der Waals surface area contributed by atoms with Crippen LogP contribution in [0, 0.1) is 5.82 Å². The van der Waals surface area contributed by atoms with Gasteiger partial charge in [0.2, 0.25) is 5.28 Å². The molecule has 1 aliphatic rings. The van der Waals surface area contributed by atoms with Crippen molar-refractivity contribution in [2.45, 2.75) is 31.7 Å². The van der Waals surface area contributed by atoms with Crippen molar-refractivity contribution >= 4 is 17.4 Å². The molecule has 0 aliphatic heterocycles. The summed E-state index contributed by atoms with van der Waals surface area (Å²) in [5.41, 5.74) is 0. The molecule has 0 saturated heterocycles. The Morgan fingerprint density at radius 3 is 2.80 bits per heavy atom. The highest BCUT2D eigenvalue weighted by atomic mass is 35.5. The Morgan fingerprint density at radius 2 is 2.13 bits per heavy atom. The van der Waals surface area contributed by atoms with E-state index in [1.165, 1.54) is 12.8 Å². The fourth-order valence-corrected chi connectivity index (χ4v) is 2.18. The molecule has 1 aliphatic carbocycles. The van der Waals surface area contributed by atoms with Crippen LogP contribution in [0.5, 0.6) is 0 Å². The molecule has 3 nitrogen and oxygen atoms in total. The molecule has 0 spiro atoms. The van der Waals surface area contributed by atoms with E-state index in [2.05, 4.69) is 9.97 Å². The zero-order valence-corrected chi connectivity index (χ0v) is 9.34. The molecular formula is C10H13ClFN3. The van der Waals surface area contributed by atoms with Crippen LogP contribution >= 0.6 is 11.6 Å². The van der Waals surface area contributed by atoms with Crippen molar-refractivity contribution in [1.82, 2.24) is 9.97 Å². The van der Waals surface area contributed by atoms with Gasteiger partial charge in [0.05, 0.1) is 6.20 Å². The molecule has 2 rings (SSSR count). The lowest BCUT2D eigenvalue weighted by Crippen LogP contribution is -2.30. The molecular weight excluding hydrogens is 217 g/mol. The number of nitrogens with zero attached hydrogens (tertiary/aromatic N) is 3. The quantitative estimate of drug-likeness (QED) is 0.730. The van der Waals surface area contributed by atoms with Crippen molar-refractivity contribution in [2.75, 3.05) is 11.9 Å². The summed E-state index contributed by atoms with van der Waals surface area (Å²) >= 11 is 5.65. The summed E-state index contributed by atoms with van der Waals surface area (Å²) in [5, 5.41) is 0.0937. The highest BCUT2D eigenvalue weighted by molar-refractivity contribution is 6.28. The van der Waals surface area contributed by atoms with Crippen LogP contribution in [0.15, 0.2) is 6.20 Å². The van der Waals surface area contributed by atoms with Crippen molar-refractivity contribution < 1.29 is 4.39 Å². The molecule has 0 atom stereocenters. The Hall–Kier alpha value is -0.900. The largest absolute Gasteiger partial charge is 0.354 e. The van der Waals surface area contributed by atoms with Crippen LogP contribution in [-0.2, 0) is 0 Å². The molecule has 15 heavy (non-hydrogen) atoms. The minimum absolute atomic E-state index is 0.0937. The molecule has 82 valence electrons. The maximum absolute atomic E-state index is 13.4. The Bertz CT molecular complexity index is 353. The van der Waals surface area contributed by atoms with Gasteiger partial charge in [-0.3, -0.25) is 0 Å². The Kier molecular flexibility index (Phi) is 3.05. The van der Waals surface area contributed by atoms with Crippen LogP contribution in [-0.4, -0.2) is 23.1 Å². The third-order valence-electron chi connectivity index (χ3n) is 2.90. The summed E-state index contributed by atoms with van der Waals surface area (Å²) in [7, 11) is 1.86. The number of halogens is 2. The van der Waals surface area contributed by atoms with E-state index in [1.807, 2.05) is 11.9 Å². The second-order valence-corrected chi connectivity index (χ2v) is 4.20. The molecule has 5 heteroatoms. The van der Waals surface area contributed by atoms with E-state index in [1.54, 1.807) is 0 Å². The summed E-state index contributed by atoms with van der Waals surface area (Å²) in [6, 6.07) is 0.380. The van der Waals surface area contributed by atoms with Crippen LogP contribution in [0.3, 0.4) is 0 Å². The SMILES string of the molecule is CN(c1nc(Cl)ncc1F)C1CCCC1. The first-order valence-electron chi connectivity index (χ1n) is 5.09. The zero-order valence-electron chi connectivity index (χ0n) is 8.58. The normalized spacial score (nSPS) is 17.0. The van der Waals surface area contributed by atoms with Crippen molar-refractivity contribution in [3.05, 3.63) is 17.3 Å². The van der Waals surface area contributed by atoms with Gasteiger partial charge in [-0.25, -0.2) is 9.37 Å². The van der Waals surface area contributed by atoms with E-state index in [4.69, 9.17) is 11.6 Å². The van der Waals surface area contributed by atoms with E-state index in [9.17, 15) is 4.39 Å². The Labute approximate surface area is 93.3 Å². The molecule has 1 saturated carbocycles. The number of rotatable bonds is 2. The summed E-state index contributed by atoms with van der Waals surface area (Å²) in [6.07, 6.45) is 5.72. The number of hydrogen-bond donors (Lipinski definition) is 0. The van der Waals surface area contributed by atoms with E-state index in [0.717, 1.165) is 19.0 Å². The molecule has 0 amide bonds. The van der Waals surface area contributed by atoms with Crippen LogP contribution in [0.2, 0.25) is 5.28 Å². The van der Waals surface area contributed by atoms with Gasteiger partial charge in [0.15, 0.2) is 11.6 Å². The van der Waals surface area contributed by atoms with E-state index in [0.29, 0.717) is 11.9 Å². The lowest BCUT2D eigenvalue weighted by Gasteiger charge is -2.25. The van der Waals surface area contributed by atoms with Gasteiger partial charge >= 0.3 is 0 Å². The van der Waals surface area contributed by atoms with Gasteiger partial charge in [0.25, 0.3) is 0 Å². The average Bonchev–Trinajstić information content (AvgIpc) is 2.74. The highest BCUT2D eigenvalue weighted by Crippen LogP contribution is 2.27. The minimum atomic E-state index is -0.409. The fraction of sp³-hybridized carbons (Fsp3) is 0.600. The van der Waals surface area contributed by atoms with Gasteiger partial charge in [0, 0.05) is 13.1 Å². The van der Waals surface area contributed by atoms with Gasteiger partial charge in [-0.2, -0.15) is 4.98 Å². The maximum atomic E-state index is 13.4. The summed E-state index contributed by atoms with van der Waals surface area (Å²) in [6.45, 7) is 0. The number of hydrogen-bond acceptors (Lipinski definition) is 3. The first-order chi connectivity index (χ1) is 7.18. The summed E-state index contributed by atoms with van der Waals surface area (Å²) in [5.74, 6) is -0.101. The molecule has 0 radical (unpaired) electrons. The summed E-state index contributed by atoms with van der Waals surface area (Å²) in [4.78, 5) is 9.39. The van der Waals surface area contributed by atoms with Crippen molar-refractivity contribution in [3.8, 4) is 0 Å². The van der Waals surface area contributed by atoms with Gasteiger partial charge in [0.1, 0.15) is 0 Å². The fourth-order valence-electron chi connectivity index (χ4n) is 2.05. The Balaban J connectivity index is 2.23. The second kappa shape index (κ2) is 4.31. The molecule has 1 heterocycles. The number of aromatic nitrogens is 2. The lowest BCUT2D eigenvalue weighted by atomic mass is 10.2. The molecule has 0 bridgehead atoms. The zero-order chi connectivity index (χ0) is 10.8. The van der Waals surface area contributed by atoms with Gasteiger partial charge in [-0.1, -0.05) is 12.8 Å². The predicted octanol–water partition coefficient (Wildman–Crippen LogP) is 2.65. The van der Waals surface area contributed by atoms with E-state index >= 15 is 0 Å². The third kappa shape index (κ3) is 2.20. The van der Waals surface area contributed by atoms with Crippen LogP contribution in [0.4, 0.5) is 10.2 Å².